The van der Waals surface area contributed by atoms with E-state index in [0.717, 1.165) is 36.0 Å². The van der Waals surface area contributed by atoms with Crippen LogP contribution in [0.3, 0.4) is 0 Å². The molecule has 0 radical (unpaired) electrons. The highest BCUT2D eigenvalue weighted by Gasteiger charge is 2.28. The summed E-state index contributed by atoms with van der Waals surface area (Å²) in [5.41, 5.74) is 3.74. The van der Waals surface area contributed by atoms with Crippen LogP contribution in [0.25, 0.3) is 0 Å². The van der Waals surface area contributed by atoms with Gasteiger partial charge in [0, 0.05) is 30.9 Å². The first-order valence-electron chi connectivity index (χ1n) is 10.4. The number of benzene rings is 1. The highest BCUT2D eigenvalue weighted by Crippen LogP contribution is 2.26. The SMILES string of the molecule is Cc1cccc(NC(=S)N2CCC(N(C)C3CCCCCC3)CC2)c1C. The number of nitrogens with zero attached hydrogens (tertiary/aromatic N) is 2. The summed E-state index contributed by atoms with van der Waals surface area (Å²) in [7, 11) is 2.36. The van der Waals surface area contributed by atoms with Crippen molar-refractivity contribution in [3.63, 3.8) is 0 Å². The predicted octanol–water partition coefficient (Wildman–Crippen LogP) is 5.12. The van der Waals surface area contributed by atoms with E-state index in [1.165, 1.54) is 62.5 Å². The number of anilines is 1. The summed E-state index contributed by atoms with van der Waals surface area (Å²) in [6.45, 7) is 6.45. The van der Waals surface area contributed by atoms with Crippen molar-refractivity contribution in [2.75, 3.05) is 25.5 Å². The number of nitrogens with one attached hydrogen (secondary N) is 1. The van der Waals surface area contributed by atoms with Crippen molar-refractivity contribution in [2.24, 2.45) is 0 Å². The lowest BCUT2D eigenvalue weighted by Gasteiger charge is -2.41. The third-order valence-electron chi connectivity index (χ3n) is 6.57. The number of hydrogen-bond donors (Lipinski definition) is 1. The molecule has 3 nitrogen and oxygen atoms in total. The number of thiocarbonyl (C=S) groups is 1. The van der Waals surface area contributed by atoms with Crippen molar-refractivity contribution in [2.45, 2.75) is 77.3 Å². The maximum Gasteiger partial charge on any atom is 0.173 e. The summed E-state index contributed by atoms with van der Waals surface area (Å²) in [4.78, 5) is 5.05. The van der Waals surface area contributed by atoms with Crippen LogP contribution in [0.2, 0.25) is 0 Å². The molecule has 0 aromatic heterocycles. The lowest BCUT2D eigenvalue weighted by atomic mass is 9.99. The summed E-state index contributed by atoms with van der Waals surface area (Å²) in [5, 5.41) is 4.36. The quantitative estimate of drug-likeness (QED) is 0.585. The van der Waals surface area contributed by atoms with Crippen molar-refractivity contribution >= 4 is 23.0 Å². The molecular formula is C22H35N3S. The van der Waals surface area contributed by atoms with Crippen LogP contribution in [-0.4, -0.2) is 47.1 Å². The van der Waals surface area contributed by atoms with E-state index in [0.29, 0.717) is 0 Å². The monoisotopic (exact) mass is 373 g/mol. The van der Waals surface area contributed by atoms with Gasteiger partial charge in [0.2, 0.25) is 0 Å². The summed E-state index contributed by atoms with van der Waals surface area (Å²) >= 11 is 5.71. The zero-order valence-corrected chi connectivity index (χ0v) is 17.6. The highest BCUT2D eigenvalue weighted by atomic mass is 32.1. The van der Waals surface area contributed by atoms with Gasteiger partial charge in [-0.15, -0.1) is 0 Å². The molecule has 3 rings (SSSR count). The second-order valence-electron chi connectivity index (χ2n) is 8.21. The Hall–Kier alpha value is -1.13. The standard InChI is InChI=1S/C22H35N3S/c1-17-9-8-12-21(18(17)2)23-22(26)25-15-13-20(14-16-25)24(3)19-10-6-4-5-7-11-19/h8-9,12,19-20H,4-7,10-11,13-16H2,1-3H3,(H,23,26). The summed E-state index contributed by atoms with van der Waals surface area (Å²) < 4.78 is 0. The van der Waals surface area contributed by atoms with Crippen LogP contribution in [0.15, 0.2) is 18.2 Å². The number of aryl methyl sites for hydroxylation is 1. The molecule has 1 N–H and O–H groups in total. The Kier molecular flexibility index (Phi) is 6.93. The Bertz CT molecular complexity index is 599. The number of likely N-dealkylation sites (tertiary alicyclic amines) is 1. The maximum absolute atomic E-state index is 5.71. The minimum absolute atomic E-state index is 0.720. The molecule has 0 amide bonds. The molecule has 2 fully saturated rings. The summed E-state index contributed by atoms with van der Waals surface area (Å²) in [6.07, 6.45) is 10.9. The molecule has 1 aromatic carbocycles. The molecule has 0 unspecified atom stereocenters. The first-order chi connectivity index (χ1) is 12.6. The fraction of sp³-hybridized carbons (Fsp3) is 0.682. The molecule has 1 aromatic rings. The third-order valence-corrected chi connectivity index (χ3v) is 6.93. The normalized spacial score (nSPS) is 20.2. The second kappa shape index (κ2) is 9.18. The summed E-state index contributed by atoms with van der Waals surface area (Å²) in [6, 6.07) is 7.90. The van der Waals surface area contributed by atoms with Crippen LogP contribution < -0.4 is 5.32 Å². The number of hydrogen-bond acceptors (Lipinski definition) is 2. The van der Waals surface area contributed by atoms with Crippen molar-refractivity contribution in [1.82, 2.24) is 9.80 Å². The first-order valence-corrected chi connectivity index (χ1v) is 10.8. The van der Waals surface area contributed by atoms with Gasteiger partial charge >= 0.3 is 0 Å². The molecule has 1 saturated carbocycles. The van der Waals surface area contributed by atoms with Crippen LogP contribution in [0, 0.1) is 13.8 Å². The molecule has 1 heterocycles. The van der Waals surface area contributed by atoms with Crippen molar-refractivity contribution < 1.29 is 0 Å². The number of piperidine rings is 1. The van der Waals surface area contributed by atoms with E-state index >= 15 is 0 Å². The van der Waals surface area contributed by atoms with Gasteiger partial charge in [-0.2, -0.15) is 0 Å². The Labute approximate surface area is 165 Å². The zero-order chi connectivity index (χ0) is 18.5. The van der Waals surface area contributed by atoms with Gasteiger partial charge in [-0.3, -0.25) is 0 Å². The van der Waals surface area contributed by atoms with E-state index in [1.807, 2.05) is 0 Å². The van der Waals surface area contributed by atoms with Gasteiger partial charge in [-0.1, -0.05) is 37.8 Å². The minimum atomic E-state index is 0.720. The van der Waals surface area contributed by atoms with Gasteiger partial charge in [0.25, 0.3) is 0 Å². The minimum Gasteiger partial charge on any atom is -0.349 e. The fourth-order valence-corrected chi connectivity index (χ4v) is 4.81. The van der Waals surface area contributed by atoms with Crippen LogP contribution in [0.1, 0.15) is 62.5 Å². The molecule has 1 aliphatic heterocycles. The van der Waals surface area contributed by atoms with E-state index in [2.05, 4.69) is 54.2 Å². The van der Waals surface area contributed by atoms with Crippen molar-refractivity contribution in [3.8, 4) is 0 Å². The van der Waals surface area contributed by atoms with Crippen LogP contribution >= 0.6 is 12.2 Å². The smallest absolute Gasteiger partial charge is 0.173 e. The van der Waals surface area contributed by atoms with Gasteiger partial charge < -0.3 is 15.1 Å². The Morgan fingerprint density at radius 2 is 1.62 bits per heavy atom. The lowest BCUT2D eigenvalue weighted by Crippen LogP contribution is -2.49. The molecule has 26 heavy (non-hydrogen) atoms. The summed E-state index contributed by atoms with van der Waals surface area (Å²) in [5.74, 6) is 0. The molecule has 1 aliphatic carbocycles. The van der Waals surface area contributed by atoms with Gasteiger partial charge in [0.15, 0.2) is 5.11 Å². The highest BCUT2D eigenvalue weighted by molar-refractivity contribution is 7.80. The van der Waals surface area contributed by atoms with Crippen molar-refractivity contribution in [3.05, 3.63) is 29.3 Å². The van der Waals surface area contributed by atoms with Crippen LogP contribution in [-0.2, 0) is 0 Å². The molecule has 0 spiro atoms. The third kappa shape index (κ3) is 4.77. The molecular weight excluding hydrogens is 338 g/mol. The average molecular weight is 374 g/mol. The maximum atomic E-state index is 5.71. The molecule has 1 saturated heterocycles. The van der Waals surface area contributed by atoms with Gasteiger partial charge in [-0.25, -0.2) is 0 Å². The van der Waals surface area contributed by atoms with Crippen LogP contribution in [0.5, 0.6) is 0 Å². The molecule has 2 aliphatic rings. The predicted molar refractivity (Wildman–Crippen MR) is 116 cm³/mol. The van der Waals surface area contributed by atoms with E-state index in [1.54, 1.807) is 0 Å². The Morgan fingerprint density at radius 3 is 2.27 bits per heavy atom. The Morgan fingerprint density at radius 1 is 1.00 bits per heavy atom. The first kappa shape index (κ1) is 19.6. The van der Waals surface area contributed by atoms with Gasteiger partial charge in [0.1, 0.15) is 0 Å². The zero-order valence-electron chi connectivity index (χ0n) is 16.8. The van der Waals surface area contributed by atoms with E-state index in [9.17, 15) is 0 Å². The van der Waals surface area contributed by atoms with Gasteiger partial charge in [-0.05, 0) is 76.0 Å². The molecule has 0 atom stereocenters. The molecule has 4 heteroatoms. The van der Waals surface area contributed by atoms with E-state index < -0.39 is 0 Å². The lowest BCUT2D eigenvalue weighted by molar-refractivity contribution is 0.111. The largest absolute Gasteiger partial charge is 0.349 e. The molecule has 144 valence electrons. The Balaban J connectivity index is 1.51. The number of rotatable bonds is 3. The van der Waals surface area contributed by atoms with Crippen molar-refractivity contribution in [1.29, 1.82) is 0 Å². The van der Waals surface area contributed by atoms with E-state index in [-0.39, 0.29) is 0 Å². The average Bonchev–Trinajstić information content (AvgIpc) is 2.94. The fourth-order valence-electron chi connectivity index (χ4n) is 4.52. The molecule has 0 bridgehead atoms. The van der Waals surface area contributed by atoms with Gasteiger partial charge in [0.05, 0.1) is 0 Å². The topological polar surface area (TPSA) is 18.5 Å². The van der Waals surface area contributed by atoms with E-state index in [4.69, 9.17) is 12.2 Å². The van der Waals surface area contributed by atoms with Crippen LogP contribution in [0.4, 0.5) is 5.69 Å². The second-order valence-corrected chi connectivity index (χ2v) is 8.59.